The number of carbonyl (C=O) groups excluding carboxylic acids is 1. The number of amidine groups is 1. The molecule has 1 atom stereocenters. The van der Waals surface area contributed by atoms with Crippen LogP contribution in [-0.4, -0.2) is 25.0 Å². The van der Waals surface area contributed by atoms with E-state index >= 15 is 4.39 Å². The Bertz CT molecular complexity index is 937. The molecule has 4 N–H and O–H groups in total. The van der Waals surface area contributed by atoms with Gasteiger partial charge in [-0.1, -0.05) is 37.1 Å². The van der Waals surface area contributed by atoms with Crippen molar-refractivity contribution in [1.82, 2.24) is 5.32 Å². The van der Waals surface area contributed by atoms with Crippen LogP contribution >= 0.6 is 12.4 Å². The molecule has 32 heavy (non-hydrogen) atoms. The third-order valence-corrected chi connectivity index (χ3v) is 5.14. The van der Waals surface area contributed by atoms with Gasteiger partial charge in [-0.25, -0.2) is 8.78 Å². The number of amides is 1. The molecule has 1 saturated carbocycles. The molecule has 1 amide bonds. The highest BCUT2D eigenvalue weighted by atomic mass is 35.5. The van der Waals surface area contributed by atoms with Gasteiger partial charge in [-0.05, 0) is 37.0 Å². The van der Waals surface area contributed by atoms with Gasteiger partial charge >= 0.3 is 0 Å². The van der Waals surface area contributed by atoms with E-state index in [1.54, 1.807) is 31.2 Å². The molecule has 3 rings (SSSR count). The van der Waals surface area contributed by atoms with Gasteiger partial charge in [-0.15, -0.1) is 12.4 Å². The first-order valence-electron chi connectivity index (χ1n) is 10.3. The Balaban J connectivity index is 0.00000363. The van der Waals surface area contributed by atoms with Crippen molar-refractivity contribution in [2.45, 2.75) is 38.8 Å². The lowest BCUT2D eigenvalue weighted by molar-refractivity contribution is -0.133. The van der Waals surface area contributed by atoms with Crippen LogP contribution in [0, 0.1) is 23.0 Å². The average Bonchev–Trinajstić information content (AvgIpc) is 3.57. The second kappa shape index (κ2) is 11.8. The first kappa shape index (κ1) is 25.5. The van der Waals surface area contributed by atoms with E-state index in [4.69, 9.17) is 20.6 Å². The standard InChI is InChI=1S/C23H27F2N3O3.ClH/c1-2-30-21(23(29)28-13-15-5-7-16(8-6-15)22(26)27)19-17(24)9-10-18(20(19)25)31-12-11-14-3-4-14;/h5-10,14,21H,2-4,11-13H2,1H3,(H3,26,27)(H,28,29);1H/t21-;/m0./s1. The van der Waals surface area contributed by atoms with Crippen molar-refractivity contribution in [2.24, 2.45) is 11.7 Å². The smallest absolute Gasteiger partial charge is 0.254 e. The molecular weight excluding hydrogens is 440 g/mol. The van der Waals surface area contributed by atoms with E-state index in [2.05, 4.69) is 5.32 Å². The van der Waals surface area contributed by atoms with Crippen LogP contribution in [0.4, 0.5) is 8.78 Å². The van der Waals surface area contributed by atoms with Gasteiger partial charge in [0.05, 0.1) is 12.2 Å². The molecule has 0 aromatic heterocycles. The zero-order valence-corrected chi connectivity index (χ0v) is 18.6. The molecule has 1 aliphatic carbocycles. The van der Waals surface area contributed by atoms with Gasteiger partial charge in [-0.2, -0.15) is 0 Å². The highest BCUT2D eigenvalue weighted by Crippen LogP contribution is 2.34. The van der Waals surface area contributed by atoms with Crippen molar-refractivity contribution < 1.29 is 23.0 Å². The average molecular weight is 468 g/mol. The molecular formula is C23H28ClF2N3O3. The van der Waals surface area contributed by atoms with Gasteiger partial charge in [-0.3, -0.25) is 10.2 Å². The van der Waals surface area contributed by atoms with Gasteiger partial charge in [0.1, 0.15) is 11.7 Å². The summed E-state index contributed by atoms with van der Waals surface area (Å²) in [4.78, 5) is 12.7. The molecule has 1 aliphatic rings. The zero-order chi connectivity index (χ0) is 22.4. The maximum Gasteiger partial charge on any atom is 0.254 e. The van der Waals surface area contributed by atoms with Gasteiger partial charge < -0.3 is 20.5 Å². The second-order valence-electron chi connectivity index (χ2n) is 7.52. The summed E-state index contributed by atoms with van der Waals surface area (Å²) in [6.45, 7) is 2.21. The summed E-state index contributed by atoms with van der Waals surface area (Å²) in [5.41, 5.74) is 6.27. The van der Waals surface area contributed by atoms with Gasteiger partial charge in [0, 0.05) is 18.7 Å². The quantitative estimate of drug-likeness (QED) is 0.340. The van der Waals surface area contributed by atoms with Crippen LogP contribution in [0.1, 0.15) is 49.0 Å². The van der Waals surface area contributed by atoms with E-state index in [0.717, 1.165) is 30.9 Å². The van der Waals surface area contributed by atoms with Gasteiger partial charge in [0.25, 0.3) is 5.91 Å². The molecule has 0 radical (unpaired) electrons. The van der Waals surface area contributed by atoms with Crippen LogP contribution in [0.3, 0.4) is 0 Å². The number of benzene rings is 2. The van der Waals surface area contributed by atoms with Crippen LogP contribution < -0.4 is 15.8 Å². The van der Waals surface area contributed by atoms with Crippen molar-refractivity contribution in [3.05, 3.63) is 64.7 Å². The summed E-state index contributed by atoms with van der Waals surface area (Å²) in [5.74, 6) is -1.98. The van der Waals surface area contributed by atoms with Crippen LogP contribution in [0.25, 0.3) is 0 Å². The highest BCUT2D eigenvalue weighted by Gasteiger charge is 2.30. The highest BCUT2D eigenvalue weighted by molar-refractivity contribution is 5.94. The Kier molecular flexibility index (Phi) is 9.41. The van der Waals surface area contributed by atoms with E-state index in [-0.39, 0.29) is 37.1 Å². The summed E-state index contributed by atoms with van der Waals surface area (Å²) in [5, 5.41) is 10.1. The van der Waals surface area contributed by atoms with Crippen LogP contribution in [0.5, 0.6) is 5.75 Å². The maximum absolute atomic E-state index is 15.0. The SMILES string of the molecule is CCO[C@H](C(=O)NCc1ccc(C(=N)N)cc1)c1c(F)ccc(OCCC2CC2)c1F.Cl. The van der Waals surface area contributed by atoms with Crippen LogP contribution in [-0.2, 0) is 16.1 Å². The number of ether oxygens (including phenoxy) is 2. The number of hydrogen-bond acceptors (Lipinski definition) is 4. The number of nitrogens with one attached hydrogen (secondary N) is 2. The zero-order valence-electron chi connectivity index (χ0n) is 17.8. The fourth-order valence-corrected chi connectivity index (χ4v) is 3.18. The van der Waals surface area contributed by atoms with E-state index in [1.165, 1.54) is 6.07 Å². The molecule has 2 aromatic carbocycles. The van der Waals surface area contributed by atoms with E-state index < -0.39 is 29.2 Å². The predicted octanol–water partition coefficient (Wildman–Crippen LogP) is 4.24. The summed E-state index contributed by atoms with van der Waals surface area (Å²) in [6.07, 6.45) is 1.69. The van der Waals surface area contributed by atoms with Crippen molar-refractivity contribution >= 4 is 24.1 Å². The lowest BCUT2D eigenvalue weighted by Crippen LogP contribution is -2.31. The van der Waals surface area contributed by atoms with Crippen LogP contribution in [0.2, 0.25) is 0 Å². The summed E-state index contributed by atoms with van der Waals surface area (Å²) >= 11 is 0. The Labute approximate surface area is 192 Å². The Hall–Kier alpha value is -2.71. The van der Waals surface area contributed by atoms with E-state index in [0.29, 0.717) is 18.1 Å². The first-order chi connectivity index (χ1) is 14.9. The molecule has 6 nitrogen and oxygen atoms in total. The lowest BCUT2D eigenvalue weighted by Gasteiger charge is -2.20. The largest absolute Gasteiger partial charge is 0.490 e. The van der Waals surface area contributed by atoms with Crippen molar-refractivity contribution in [3.8, 4) is 5.75 Å². The Morgan fingerprint density at radius 2 is 1.91 bits per heavy atom. The topological polar surface area (TPSA) is 97.4 Å². The third-order valence-electron chi connectivity index (χ3n) is 5.14. The fraction of sp³-hybridized carbons (Fsp3) is 0.391. The molecule has 0 heterocycles. The number of halogens is 3. The normalized spacial score (nSPS) is 13.7. The minimum absolute atomic E-state index is 0. The van der Waals surface area contributed by atoms with Crippen LogP contribution in [0.15, 0.2) is 36.4 Å². The molecule has 0 unspecified atom stereocenters. The Morgan fingerprint density at radius 3 is 2.50 bits per heavy atom. The minimum atomic E-state index is -1.45. The van der Waals surface area contributed by atoms with E-state index in [9.17, 15) is 9.18 Å². The molecule has 0 saturated heterocycles. The number of rotatable bonds is 11. The second-order valence-corrected chi connectivity index (χ2v) is 7.52. The summed E-state index contributed by atoms with van der Waals surface area (Å²) in [6, 6.07) is 9.06. The minimum Gasteiger partial charge on any atom is -0.490 e. The van der Waals surface area contributed by atoms with Gasteiger partial charge in [0.2, 0.25) is 0 Å². The summed E-state index contributed by atoms with van der Waals surface area (Å²) < 4.78 is 40.5. The number of hydrogen-bond donors (Lipinski definition) is 3. The summed E-state index contributed by atoms with van der Waals surface area (Å²) in [7, 11) is 0. The maximum atomic E-state index is 15.0. The molecule has 9 heteroatoms. The molecule has 174 valence electrons. The Morgan fingerprint density at radius 1 is 1.22 bits per heavy atom. The third kappa shape index (κ3) is 6.64. The molecule has 0 aliphatic heterocycles. The van der Waals surface area contributed by atoms with Crippen molar-refractivity contribution in [3.63, 3.8) is 0 Å². The number of nitrogens with two attached hydrogens (primary N) is 1. The lowest BCUT2D eigenvalue weighted by atomic mass is 10.1. The fourth-order valence-electron chi connectivity index (χ4n) is 3.18. The van der Waals surface area contributed by atoms with Crippen molar-refractivity contribution in [1.29, 1.82) is 5.41 Å². The monoisotopic (exact) mass is 467 g/mol. The molecule has 1 fully saturated rings. The first-order valence-corrected chi connectivity index (χ1v) is 10.3. The van der Waals surface area contributed by atoms with E-state index in [1.807, 2.05) is 0 Å². The van der Waals surface area contributed by atoms with Gasteiger partial charge in [0.15, 0.2) is 17.7 Å². The number of nitrogen functional groups attached to an aromatic ring is 1. The molecule has 0 bridgehead atoms. The van der Waals surface area contributed by atoms with Crippen molar-refractivity contribution in [2.75, 3.05) is 13.2 Å². The predicted molar refractivity (Wildman–Crippen MR) is 120 cm³/mol. The molecule has 2 aromatic rings. The molecule has 0 spiro atoms. The number of carbonyl (C=O) groups is 1.